The second kappa shape index (κ2) is 6.29. The number of fused-ring (bicyclic) bond motifs is 1. The van der Waals surface area contributed by atoms with Crippen LogP contribution in [-0.2, 0) is 10.0 Å². The molecule has 1 atom stereocenters. The number of furan rings is 1. The minimum Gasteiger partial charge on any atom is -0.461 e. The average Bonchev–Trinajstić information content (AvgIpc) is 3.48. The molecule has 5 rings (SSSR count). The molecule has 7 nitrogen and oxygen atoms in total. The highest BCUT2D eigenvalue weighted by Crippen LogP contribution is 2.34. The van der Waals surface area contributed by atoms with Crippen molar-refractivity contribution in [2.24, 2.45) is 0 Å². The summed E-state index contributed by atoms with van der Waals surface area (Å²) in [4.78, 5) is 9.16. The van der Waals surface area contributed by atoms with Crippen LogP contribution in [0.2, 0.25) is 0 Å². The predicted molar refractivity (Wildman–Crippen MR) is 102 cm³/mol. The Labute approximate surface area is 159 Å². The highest BCUT2D eigenvalue weighted by Gasteiger charge is 2.36. The van der Waals surface area contributed by atoms with E-state index >= 15 is 0 Å². The number of hydrogen-bond donors (Lipinski definition) is 0. The summed E-state index contributed by atoms with van der Waals surface area (Å²) in [6, 6.07) is 10.8. The molecular formula is C18H16N4O3S2. The number of aromatic nitrogens is 3. The number of rotatable bonds is 4. The van der Waals surface area contributed by atoms with E-state index in [1.807, 2.05) is 28.8 Å². The maximum absolute atomic E-state index is 12.9. The molecule has 0 aromatic carbocycles. The third-order valence-electron chi connectivity index (χ3n) is 4.77. The van der Waals surface area contributed by atoms with Gasteiger partial charge in [-0.1, -0.05) is 6.07 Å². The maximum Gasteiger partial charge on any atom is 0.252 e. The molecule has 9 heteroatoms. The van der Waals surface area contributed by atoms with Crippen LogP contribution < -0.4 is 0 Å². The summed E-state index contributed by atoms with van der Waals surface area (Å²) >= 11 is 1.24. The monoisotopic (exact) mass is 400 g/mol. The predicted octanol–water partition coefficient (Wildman–Crippen LogP) is 3.39. The van der Waals surface area contributed by atoms with Crippen LogP contribution in [0.4, 0.5) is 0 Å². The fraction of sp³-hybridized carbons (Fsp3) is 0.222. The van der Waals surface area contributed by atoms with E-state index in [1.54, 1.807) is 34.3 Å². The fourth-order valence-electron chi connectivity index (χ4n) is 3.53. The molecule has 0 N–H and O–H groups in total. The molecule has 5 heterocycles. The SMILES string of the molecule is O=S(=O)(c1cccs1)N1CC[C@@H](n2c(-c3ccco3)nc3cccnc32)C1. The van der Waals surface area contributed by atoms with E-state index in [0.29, 0.717) is 35.3 Å². The smallest absolute Gasteiger partial charge is 0.252 e. The molecule has 4 aromatic rings. The molecule has 1 aliphatic heterocycles. The Bertz CT molecular complexity index is 1180. The summed E-state index contributed by atoms with van der Waals surface area (Å²) in [5.41, 5.74) is 1.51. The molecule has 4 aromatic heterocycles. The number of imidazole rings is 1. The molecule has 0 radical (unpaired) electrons. The van der Waals surface area contributed by atoms with Crippen molar-refractivity contribution in [3.8, 4) is 11.6 Å². The molecular weight excluding hydrogens is 384 g/mol. The lowest BCUT2D eigenvalue weighted by Gasteiger charge is -2.17. The lowest BCUT2D eigenvalue weighted by Crippen LogP contribution is -2.28. The van der Waals surface area contributed by atoms with Crippen LogP contribution >= 0.6 is 11.3 Å². The molecule has 138 valence electrons. The molecule has 0 amide bonds. The van der Waals surface area contributed by atoms with E-state index in [1.165, 1.54) is 11.3 Å². The second-order valence-corrected chi connectivity index (χ2v) is 9.48. The van der Waals surface area contributed by atoms with Gasteiger partial charge >= 0.3 is 0 Å². The molecule has 27 heavy (non-hydrogen) atoms. The van der Waals surface area contributed by atoms with E-state index in [9.17, 15) is 8.42 Å². The van der Waals surface area contributed by atoms with Gasteiger partial charge in [-0.15, -0.1) is 11.3 Å². The summed E-state index contributed by atoms with van der Waals surface area (Å²) in [7, 11) is -3.47. The van der Waals surface area contributed by atoms with Gasteiger partial charge in [-0.2, -0.15) is 4.31 Å². The summed E-state index contributed by atoms with van der Waals surface area (Å²) < 4.78 is 35.2. The van der Waals surface area contributed by atoms with Crippen molar-refractivity contribution in [3.05, 3.63) is 54.2 Å². The normalized spacial score (nSPS) is 18.4. The number of sulfonamides is 1. The largest absolute Gasteiger partial charge is 0.461 e. The lowest BCUT2D eigenvalue weighted by molar-refractivity contribution is 0.455. The van der Waals surface area contributed by atoms with Gasteiger partial charge in [0.25, 0.3) is 10.0 Å². The third-order valence-corrected chi connectivity index (χ3v) is 8.01. The van der Waals surface area contributed by atoms with Crippen LogP contribution in [0.25, 0.3) is 22.7 Å². The molecule has 1 saturated heterocycles. The zero-order chi connectivity index (χ0) is 18.4. The molecule has 0 bridgehead atoms. The first kappa shape index (κ1) is 16.7. The van der Waals surface area contributed by atoms with Gasteiger partial charge in [-0.3, -0.25) is 0 Å². The van der Waals surface area contributed by atoms with E-state index in [0.717, 1.165) is 11.2 Å². The summed E-state index contributed by atoms with van der Waals surface area (Å²) in [5.74, 6) is 1.32. The molecule has 0 saturated carbocycles. The zero-order valence-electron chi connectivity index (χ0n) is 14.2. The van der Waals surface area contributed by atoms with Crippen molar-refractivity contribution in [2.75, 3.05) is 13.1 Å². The number of hydrogen-bond acceptors (Lipinski definition) is 6. The Morgan fingerprint density at radius 3 is 2.89 bits per heavy atom. The quantitative estimate of drug-likeness (QED) is 0.524. The van der Waals surface area contributed by atoms with Crippen molar-refractivity contribution in [1.82, 2.24) is 18.8 Å². The second-order valence-electron chi connectivity index (χ2n) is 6.37. The Morgan fingerprint density at radius 1 is 1.19 bits per heavy atom. The van der Waals surface area contributed by atoms with Gasteiger partial charge < -0.3 is 8.98 Å². The lowest BCUT2D eigenvalue weighted by atomic mass is 10.2. The highest BCUT2D eigenvalue weighted by molar-refractivity contribution is 7.91. The molecule has 0 unspecified atom stereocenters. The van der Waals surface area contributed by atoms with Crippen molar-refractivity contribution < 1.29 is 12.8 Å². The van der Waals surface area contributed by atoms with Crippen molar-refractivity contribution in [1.29, 1.82) is 0 Å². The third kappa shape index (κ3) is 2.70. The summed E-state index contributed by atoms with van der Waals surface area (Å²) in [5, 5.41) is 1.78. The van der Waals surface area contributed by atoms with Gasteiger partial charge in [0.15, 0.2) is 17.2 Å². The van der Waals surface area contributed by atoms with Crippen LogP contribution in [0.3, 0.4) is 0 Å². The van der Waals surface area contributed by atoms with E-state index in [4.69, 9.17) is 4.42 Å². The maximum atomic E-state index is 12.9. The fourth-order valence-corrected chi connectivity index (χ4v) is 6.17. The van der Waals surface area contributed by atoms with Crippen molar-refractivity contribution in [3.63, 3.8) is 0 Å². The first-order valence-corrected chi connectivity index (χ1v) is 10.9. The Kier molecular flexibility index (Phi) is 3.88. The molecule has 1 aliphatic rings. The van der Waals surface area contributed by atoms with Crippen LogP contribution in [-0.4, -0.2) is 40.3 Å². The summed E-state index contributed by atoms with van der Waals surface area (Å²) in [6.07, 6.45) is 4.02. The van der Waals surface area contributed by atoms with Crippen LogP contribution in [0.1, 0.15) is 12.5 Å². The van der Waals surface area contributed by atoms with Gasteiger partial charge in [-0.25, -0.2) is 18.4 Å². The minimum absolute atomic E-state index is 0.0558. The van der Waals surface area contributed by atoms with Gasteiger partial charge in [0.05, 0.1) is 12.3 Å². The highest BCUT2D eigenvalue weighted by atomic mass is 32.2. The van der Waals surface area contributed by atoms with E-state index in [2.05, 4.69) is 9.97 Å². The topological polar surface area (TPSA) is 81.2 Å². The first-order chi connectivity index (χ1) is 13.1. The summed E-state index contributed by atoms with van der Waals surface area (Å²) in [6.45, 7) is 0.852. The van der Waals surface area contributed by atoms with Gasteiger partial charge in [0.2, 0.25) is 0 Å². The molecule has 1 fully saturated rings. The average molecular weight is 400 g/mol. The van der Waals surface area contributed by atoms with Crippen molar-refractivity contribution in [2.45, 2.75) is 16.7 Å². The Balaban J connectivity index is 1.56. The van der Waals surface area contributed by atoms with Gasteiger partial charge in [0, 0.05) is 19.3 Å². The van der Waals surface area contributed by atoms with Gasteiger partial charge in [-0.05, 0) is 42.1 Å². The Hall–Kier alpha value is -2.49. The standard InChI is InChI=1S/C18H16N4O3S2/c23-27(24,16-6-3-11-26-16)21-9-7-13(12-21)22-17-14(4-1-8-19-17)20-18(22)15-5-2-10-25-15/h1-6,8,10-11,13H,7,9,12H2/t13-/m1/s1. The Morgan fingerprint density at radius 2 is 2.11 bits per heavy atom. The molecule has 0 aliphatic carbocycles. The number of nitrogens with zero attached hydrogens (tertiary/aromatic N) is 4. The number of pyridine rings is 1. The number of thiophene rings is 1. The van der Waals surface area contributed by atoms with E-state index in [-0.39, 0.29) is 6.04 Å². The van der Waals surface area contributed by atoms with Crippen LogP contribution in [0.15, 0.2) is 62.9 Å². The first-order valence-electron chi connectivity index (χ1n) is 8.55. The van der Waals surface area contributed by atoms with Crippen molar-refractivity contribution >= 4 is 32.5 Å². The molecule has 0 spiro atoms. The zero-order valence-corrected chi connectivity index (χ0v) is 15.9. The minimum atomic E-state index is -3.47. The van der Waals surface area contributed by atoms with E-state index < -0.39 is 10.0 Å². The van der Waals surface area contributed by atoms with Crippen LogP contribution in [0, 0.1) is 0 Å². The van der Waals surface area contributed by atoms with Crippen LogP contribution in [0.5, 0.6) is 0 Å². The van der Waals surface area contributed by atoms with Gasteiger partial charge in [0.1, 0.15) is 9.73 Å².